The van der Waals surface area contributed by atoms with Crippen molar-refractivity contribution in [2.45, 2.75) is 45.6 Å². The summed E-state index contributed by atoms with van der Waals surface area (Å²) in [5.41, 5.74) is 5.27. The van der Waals surface area contributed by atoms with E-state index in [9.17, 15) is 5.11 Å². The van der Waals surface area contributed by atoms with E-state index in [0.717, 1.165) is 11.3 Å². The molecule has 2 aromatic rings. The average Bonchev–Trinajstić information content (AvgIpc) is 2.94. The second-order valence-corrected chi connectivity index (χ2v) is 6.77. The predicted octanol–water partition coefficient (Wildman–Crippen LogP) is 4.13. The Hall–Kier alpha value is -1.12. The Morgan fingerprint density at radius 2 is 2.05 bits per heavy atom. The number of aliphatic hydroxyl groups is 1. The van der Waals surface area contributed by atoms with E-state index in [1.807, 2.05) is 11.3 Å². The maximum Gasteiger partial charge on any atom is 0.0922 e. The van der Waals surface area contributed by atoms with Crippen molar-refractivity contribution in [3.8, 4) is 0 Å². The summed E-state index contributed by atoms with van der Waals surface area (Å²) < 4.78 is 0. The maximum atomic E-state index is 10.5. The van der Waals surface area contributed by atoms with Gasteiger partial charge in [-0.05, 0) is 55.9 Å². The Balaban J connectivity index is 1.80. The number of rotatable bonds is 3. The fourth-order valence-corrected chi connectivity index (χ4v) is 4.09. The van der Waals surface area contributed by atoms with Crippen LogP contribution in [0, 0.1) is 13.8 Å². The Labute approximate surface area is 118 Å². The zero-order valence-electron chi connectivity index (χ0n) is 11.6. The highest BCUT2D eigenvalue weighted by atomic mass is 32.1. The molecule has 1 aromatic heterocycles. The van der Waals surface area contributed by atoms with Gasteiger partial charge in [-0.25, -0.2) is 0 Å². The zero-order valence-corrected chi connectivity index (χ0v) is 12.4. The molecule has 0 bridgehead atoms. The molecule has 1 atom stereocenters. The molecule has 0 fully saturated rings. The summed E-state index contributed by atoms with van der Waals surface area (Å²) in [7, 11) is 0. The summed E-state index contributed by atoms with van der Waals surface area (Å²) in [5, 5.41) is 10.5. The minimum absolute atomic E-state index is 0.351. The number of thiophene rings is 1. The van der Waals surface area contributed by atoms with Gasteiger partial charge in [0.05, 0.1) is 6.10 Å². The SMILES string of the molecule is Cc1ccc(C)c(CC(O)c2cc3c(s2)CCC3)c1. The van der Waals surface area contributed by atoms with Crippen LogP contribution in [0.3, 0.4) is 0 Å². The molecule has 3 rings (SSSR count). The molecular weight excluding hydrogens is 252 g/mol. The Bertz CT molecular complexity index is 576. The lowest BCUT2D eigenvalue weighted by molar-refractivity contribution is 0.182. The molecule has 2 heteroatoms. The summed E-state index contributed by atoms with van der Waals surface area (Å²) in [6.07, 6.45) is 4.07. The van der Waals surface area contributed by atoms with Crippen LogP contribution >= 0.6 is 11.3 Å². The predicted molar refractivity (Wildman–Crippen MR) is 80.9 cm³/mol. The van der Waals surface area contributed by atoms with Crippen LogP contribution in [0.2, 0.25) is 0 Å². The van der Waals surface area contributed by atoms with Crippen LogP contribution in [-0.4, -0.2) is 5.11 Å². The van der Waals surface area contributed by atoms with Crippen molar-refractivity contribution in [2.75, 3.05) is 0 Å². The number of aliphatic hydroxyl groups excluding tert-OH is 1. The standard InChI is InChI=1S/C17H20OS/c1-11-6-7-12(2)14(8-11)9-15(18)17-10-13-4-3-5-16(13)19-17/h6-8,10,15,18H,3-5,9H2,1-2H3. The highest BCUT2D eigenvalue weighted by Gasteiger charge is 2.19. The summed E-state index contributed by atoms with van der Waals surface area (Å²) in [6.45, 7) is 4.23. The van der Waals surface area contributed by atoms with Crippen molar-refractivity contribution in [3.05, 3.63) is 56.3 Å². The highest BCUT2D eigenvalue weighted by Crippen LogP contribution is 2.35. The van der Waals surface area contributed by atoms with Gasteiger partial charge in [-0.2, -0.15) is 0 Å². The topological polar surface area (TPSA) is 20.2 Å². The summed E-state index contributed by atoms with van der Waals surface area (Å²) in [6, 6.07) is 8.69. The number of aryl methyl sites for hydroxylation is 4. The molecule has 1 aromatic carbocycles. The molecule has 1 unspecified atom stereocenters. The smallest absolute Gasteiger partial charge is 0.0922 e. The van der Waals surface area contributed by atoms with Gasteiger partial charge < -0.3 is 5.11 Å². The third-order valence-corrected chi connectivity index (χ3v) is 5.35. The Kier molecular flexibility index (Phi) is 3.46. The van der Waals surface area contributed by atoms with Crippen LogP contribution in [0.1, 0.15) is 44.5 Å². The Morgan fingerprint density at radius 3 is 2.84 bits per heavy atom. The lowest BCUT2D eigenvalue weighted by Crippen LogP contribution is -2.02. The van der Waals surface area contributed by atoms with E-state index < -0.39 is 0 Å². The molecule has 1 N–H and O–H groups in total. The molecule has 1 nitrogen and oxygen atoms in total. The lowest BCUT2D eigenvalue weighted by Gasteiger charge is -2.12. The van der Waals surface area contributed by atoms with Crippen LogP contribution in [-0.2, 0) is 19.3 Å². The molecule has 1 heterocycles. The third-order valence-electron chi connectivity index (χ3n) is 4.01. The van der Waals surface area contributed by atoms with Gasteiger partial charge in [0.15, 0.2) is 0 Å². The minimum Gasteiger partial charge on any atom is -0.387 e. The van der Waals surface area contributed by atoms with E-state index in [2.05, 4.69) is 38.1 Å². The first-order chi connectivity index (χ1) is 9.13. The van der Waals surface area contributed by atoms with Gasteiger partial charge in [-0.1, -0.05) is 23.8 Å². The van der Waals surface area contributed by atoms with Crippen molar-refractivity contribution in [1.82, 2.24) is 0 Å². The van der Waals surface area contributed by atoms with Gasteiger partial charge in [0.2, 0.25) is 0 Å². The van der Waals surface area contributed by atoms with Crippen LogP contribution < -0.4 is 0 Å². The molecule has 0 saturated heterocycles. The van der Waals surface area contributed by atoms with Gasteiger partial charge in [0.25, 0.3) is 0 Å². The van der Waals surface area contributed by atoms with E-state index >= 15 is 0 Å². The number of hydrogen-bond acceptors (Lipinski definition) is 2. The van der Waals surface area contributed by atoms with Crippen molar-refractivity contribution in [3.63, 3.8) is 0 Å². The zero-order chi connectivity index (χ0) is 13.4. The quantitative estimate of drug-likeness (QED) is 0.890. The van der Waals surface area contributed by atoms with Crippen LogP contribution in [0.4, 0.5) is 0 Å². The summed E-state index contributed by atoms with van der Waals surface area (Å²) in [4.78, 5) is 2.64. The summed E-state index contributed by atoms with van der Waals surface area (Å²) >= 11 is 1.81. The molecule has 0 radical (unpaired) electrons. The lowest BCUT2D eigenvalue weighted by atomic mass is 9.99. The molecule has 0 aliphatic heterocycles. The first-order valence-corrected chi connectivity index (χ1v) is 7.81. The number of fused-ring (bicyclic) bond motifs is 1. The van der Waals surface area contributed by atoms with Crippen LogP contribution in [0.25, 0.3) is 0 Å². The van der Waals surface area contributed by atoms with Gasteiger partial charge in [0, 0.05) is 16.2 Å². The molecule has 0 spiro atoms. The van der Waals surface area contributed by atoms with E-state index in [1.54, 1.807) is 0 Å². The average molecular weight is 272 g/mol. The second-order valence-electron chi connectivity index (χ2n) is 5.60. The van der Waals surface area contributed by atoms with E-state index in [-0.39, 0.29) is 6.10 Å². The molecule has 0 saturated carbocycles. The number of hydrogen-bond donors (Lipinski definition) is 1. The van der Waals surface area contributed by atoms with E-state index in [0.29, 0.717) is 0 Å². The van der Waals surface area contributed by atoms with Crippen LogP contribution in [0.15, 0.2) is 24.3 Å². The monoisotopic (exact) mass is 272 g/mol. The van der Waals surface area contributed by atoms with E-state index in [1.165, 1.54) is 46.4 Å². The second kappa shape index (κ2) is 5.10. The normalized spacial score (nSPS) is 15.5. The van der Waals surface area contributed by atoms with Gasteiger partial charge in [0.1, 0.15) is 0 Å². The number of benzene rings is 1. The molecule has 19 heavy (non-hydrogen) atoms. The molecule has 1 aliphatic carbocycles. The van der Waals surface area contributed by atoms with Crippen molar-refractivity contribution < 1.29 is 5.11 Å². The van der Waals surface area contributed by atoms with Gasteiger partial charge >= 0.3 is 0 Å². The molecule has 100 valence electrons. The van der Waals surface area contributed by atoms with Crippen molar-refractivity contribution in [2.24, 2.45) is 0 Å². The van der Waals surface area contributed by atoms with Crippen molar-refractivity contribution >= 4 is 11.3 Å². The summed E-state index contributed by atoms with van der Waals surface area (Å²) in [5.74, 6) is 0. The molecular formula is C17H20OS. The largest absolute Gasteiger partial charge is 0.387 e. The van der Waals surface area contributed by atoms with Gasteiger partial charge in [-0.3, -0.25) is 0 Å². The fraction of sp³-hybridized carbons (Fsp3) is 0.412. The Morgan fingerprint density at radius 1 is 1.21 bits per heavy atom. The minimum atomic E-state index is -0.351. The molecule has 0 amide bonds. The van der Waals surface area contributed by atoms with Crippen LogP contribution in [0.5, 0.6) is 0 Å². The first-order valence-electron chi connectivity index (χ1n) is 6.99. The third kappa shape index (κ3) is 2.60. The van der Waals surface area contributed by atoms with Gasteiger partial charge in [-0.15, -0.1) is 11.3 Å². The highest BCUT2D eigenvalue weighted by molar-refractivity contribution is 7.12. The molecule has 1 aliphatic rings. The first kappa shape index (κ1) is 12.9. The van der Waals surface area contributed by atoms with Crippen molar-refractivity contribution in [1.29, 1.82) is 0 Å². The van der Waals surface area contributed by atoms with E-state index in [4.69, 9.17) is 0 Å². The fourth-order valence-electron chi connectivity index (χ4n) is 2.85. The maximum absolute atomic E-state index is 10.5.